The highest BCUT2D eigenvalue weighted by atomic mass is 19.1. The molecule has 0 bridgehead atoms. The zero-order valence-electron chi connectivity index (χ0n) is 16.2. The molecule has 0 saturated heterocycles. The molecule has 0 aliphatic carbocycles. The zero-order valence-corrected chi connectivity index (χ0v) is 16.2. The molecule has 4 heteroatoms. The van der Waals surface area contributed by atoms with Crippen molar-refractivity contribution in [2.24, 2.45) is 0 Å². The van der Waals surface area contributed by atoms with Crippen LogP contribution in [0.3, 0.4) is 0 Å². The summed E-state index contributed by atoms with van der Waals surface area (Å²) in [6, 6.07) is 21.7. The van der Waals surface area contributed by atoms with Crippen LogP contribution in [0.4, 0.5) is 10.1 Å². The largest absolute Gasteiger partial charge is 0.324 e. The van der Waals surface area contributed by atoms with Gasteiger partial charge in [-0.2, -0.15) is 0 Å². The Morgan fingerprint density at radius 1 is 0.964 bits per heavy atom. The van der Waals surface area contributed by atoms with Crippen LogP contribution in [-0.2, 0) is 11.2 Å². The summed E-state index contributed by atoms with van der Waals surface area (Å²) in [6.45, 7) is 4.59. The van der Waals surface area contributed by atoms with E-state index < -0.39 is 6.04 Å². The van der Waals surface area contributed by atoms with Crippen LogP contribution in [0.25, 0.3) is 0 Å². The van der Waals surface area contributed by atoms with E-state index in [4.69, 9.17) is 0 Å². The fourth-order valence-corrected chi connectivity index (χ4v) is 3.09. The summed E-state index contributed by atoms with van der Waals surface area (Å²) in [5.41, 5.74) is 4.88. The van der Waals surface area contributed by atoms with Crippen LogP contribution >= 0.6 is 0 Å². The summed E-state index contributed by atoms with van der Waals surface area (Å²) in [5.74, 6) is -0.342. The van der Waals surface area contributed by atoms with E-state index in [0.717, 1.165) is 27.9 Å². The Morgan fingerprint density at radius 3 is 2.39 bits per heavy atom. The van der Waals surface area contributed by atoms with Crippen molar-refractivity contribution in [3.63, 3.8) is 0 Å². The molecule has 3 rings (SSSR count). The number of anilines is 1. The number of benzene rings is 3. The summed E-state index contributed by atoms with van der Waals surface area (Å²) >= 11 is 0. The zero-order chi connectivity index (χ0) is 19.9. The molecule has 3 nitrogen and oxygen atoms in total. The van der Waals surface area contributed by atoms with Gasteiger partial charge in [0.25, 0.3) is 0 Å². The number of carbonyl (C=O) groups is 1. The van der Waals surface area contributed by atoms with Gasteiger partial charge in [-0.15, -0.1) is 0 Å². The minimum absolute atomic E-state index is 0.0981. The Labute approximate surface area is 165 Å². The number of hydrogen-bond acceptors (Lipinski definition) is 2. The molecule has 0 fully saturated rings. The van der Waals surface area contributed by atoms with Crippen LogP contribution in [0, 0.1) is 19.7 Å². The van der Waals surface area contributed by atoms with E-state index in [2.05, 4.69) is 10.6 Å². The quantitative estimate of drug-likeness (QED) is 0.612. The molecule has 144 valence electrons. The van der Waals surface area contributed by atoms with Gasteiger partial charge < -0.3 is 10.6 Å². The lowest BCUT2D eigenvalue weighted by Gasteiger charge is -2.20. The van der Waals surface area contributed by atoms with Crippen LogP contribution in [0.2, 0.25) is 0 Å². The smallest absolute Gasteiger partial charge is 0.246 e. The fraction of sp³-hybridized carbons (Fsp3) is 0.208. The molecule has 2 N–H and O–H groups in total. The second kappa shape index (κ2) is 9.29. The predicted molar refractivity (Wildman–Crippen MR) is 112 cm³/mol. The molecule has 0 heterocycles. The third-order valence-electron chi connectivity index (χ3n) is 4.72. The van der Waals surface area contributed by atoms with Crippen molar-refractivity contribution in [2.75, 3.05) is 11.9 Å². The first kappa shape index (κ1) is 19.8. The summed E-state index contributed by atoms with van der Waals surface area (Å²) < 4.78 is 13.1. The molecule has 1 amide bonds. The van der Waals surface area contributed by atoms with Crippen LogP contribution in [0.15, 0.2) is 72.8 Å². The van der Waals surface area contributed by atoms with Crippen LogP contribution in [0.5, 0.6) is 0 Å². The number of carbonyl (C=O) groups excluding carboxylic acids is 1. The Hall–Kier alpha value is -2.98. The third-order valence-corrected chi connectivity index (χ3v) is 4.72. The predicted octanol–water partition coefficient (Wildman–Crippen LogP) is 4.95. The van der Waals surface area contributed by atoms with Gasteiger partial charge >= 0.3 is 0 Å². The van der Waals surface area contributed by atoms with Crippen LogP contribution in [-0.4, -0.2) is 12.5 Å². The molecule has 3 aromatic rings. The van der Waals surface area contributed by atoms with E-state index in [1.807, 2.05) is 62.4 Å². The Morgan fingerprint density at radius 2 is 1.68 bits per heavy atom. The molecule has 0 aromatic heterocycles. The SMILES string of the molecule is Cc1ccc(C)c(NC(=O)[C@@H](NCCc2ccc(F)cc2)c2ccccc2)c1. The molecular formula is C24H25FN2O. The number of hydrogen-bond donors (Lipinski definition) is 2. The Bertz CT molecular complexity index is 923. The lowest BCUT2D eigenvalue weighted by atomic mass is 10.0. The second-order valence-electron chi connectivity index (χ2n) is 6.98. The number of halogens is 1. The standard InChI is InChI=1S/C24H25FN2O/c1-17-8-9-18(2)22(16-17)27-24(28)23(20-6-4-3-5-7-20)26-15-14-19-10-12-21(25)13-11-19/h3-13,16,23,26H,14-15H2,1-2H3,(H,27,28)/t23-/m0/s1. The maximum Gasteiger partial charge on any atom is 0.246 e. The molecule has 0 aliphatic rings. The highest BCUT2D eigenvalue weighted by molar-refractivity contribution is 5.96. The molecule has 3 aromatic carbocycles. The average molecular weight is 376 g/mol. The van der Waals surface area contributed by atoms with Crippen LogP contribution in [0.1, 0.15) is 28.3 Å². The first-order chi connectivity index (χ1) is 13.5. The van der Waals surface area contributed by atoms with E-state index in [1.165, 1.54) is 12.1 Å². The molecule has 0 aliphatic heterocycles. The van der Waals surface area contributed by atoms with Crippen molar-refractivity contribution < 1.29 is 9.18 Å². The van der Waals surface area contributed by atoms with E-state index in [-0.39, 0.29) is 11.7 Å². The van der Waals surface area contributed by atoms with Gasteiger partial charge in [-0.05, 0) is 60.7 Å². The first-order valence-corrected chi connectivity index (χ1v) is 9.44. The Kier molecular flexibility index (Phi) is 6.56. The minimum Gasteiger partial charge on any atom is -0.324 e. The summed E-state index contributed by atoms with van der Waals surface area (Å²) in [5, 5.41) is 6.40. The van der Waals surface area contributed by atoms with Gasteiger partial charge in [0.15, 0.2) is 0 Å². The van der Waals surface area contributed by atoms with Gasteiger partial charge in [-0.1, -0.05) is 54.6 Å². The van der Waals surface area contributed by atoms with Crippen molar-refractivity contribution in [3.05, 3.63) is 101 Å². The minimum atomic E-state index is -0.471. The van der Waals surface area contributed by atoms with Gasteiger partial charge in [-0.3, -0.25) is 4.79 Å². The van der Waals surface area contributed by atoms with Crippen LogP contribution < -0.4 is 10.6 Å². The highest BCUT2D eigenvalue weighted by Gasteiger charge is 2.20. The number of rotatable bonds is 7. The normalized spacial score (nSPS) is 11.8. The van der Waals surface area contributed by atoms with E-state index in [1.54, 1.807) is 12.1 Å². The summed E-state index contributed by atoms with van der Waals surface area (Å²) in [4.78, 5) is 13.0. The number of aryl methyl sites for hydroxylation is 2. The maximum absolute atomic E-state index is 13.1. The van der Waals surface area contributed by atoms with Gasteiger partial charge in [0.1, 0.15) is 11.9 Å². The van der Waals surface area contributed by atoms with Crippen molar-refractivity contribution in [1.29, 1.82) is 0 Å². The first-order valence-electron chi connectivity index (χ1n) is 9.44. The lowest BCUT2D eigenvalue weighted by Crippen LogP contribution is -2.34. The molecule has 0 saturated carbocycles. The molecule has 1 atom stereocenters. The number of amides is 1. The molecule has 0 spiro atoms. The van der Waals surface area contributed by atoms with Gasteiger partial charge in [0.2, 0.25) is 5.91 Å². The third kappa shape index (κ3) is 5.27. The molecule has 0 radical (unpaired) electrons. The van der Waals surface area contributed by atoms with E-state index in [9.17, 15) is 9.18 Å². The maximum atomic E-state index is 13.1. The monoisotopic (exact) mass is 376 g/mol. The molecular weight excluding hydrogens is 351 g/mol. The second-order valence-corrected chi connectivity index (χ2v) is 6.98. The van der Waals surface area contributed by atoms with Gasteiger partial charge in [0.05, 0.1) is 0 Å². The van der Waals surface area contributed by atoms with Gasteiger partial charge in [0, 0.05) is 12.2 Å². The highest BCUT2D eigenvalue weighted by Crippen LogP contribution is 2.20. The number of nitrogens with one attached hydrogen (secondary N) is 2. The van der Waals surface area contributed by atoms with Crippen molar-refractivity contribution >= 4 is 11.6 Å². The molecule has 28 heavy (non-hydrogen) atoms. The Balaban J connectivity index is 1.72. The summed E-state index contributed by atoms with van der Waals surface area (Å²) in [6.07, 6.45) is 0.709. The molecule has 0 unspecified atom stereocenters. The average Bonchev–Trinajstić information content (AvgIpc) is 2.70. The van der Waals surface area contributed by atoms with Gasteiger partial charge in [-0.25, -0.2) is 4.39 Å². The van der Waals surface area contributed by atoms with Crippen molar-refractivity contribution in [3.8, 4) is 0 Å². The van der Waals surface area contributed by atoms with Crippen molar-refractivity contribution in [2.45, 2.75) is 26.3 Å². The van der Waals surface area contributed by atoms with E-state index in [0.29, 0.717) is 13.0 Å². The fourth-order valence-electron chi connectivity index (χ4n) is 3.09. The van der Waals surface area contributed by atoms with E-state index >= 15 is 0 Å². The lowest BCUT2D eigenvalue weighted by molar-refractivity contribution is -0.118. The van der Waals surface area contributed by atoms with Crippen molar-refractivity contribution in [1.82, 2.24) is 5.32 Å². The topological polar surface area (TPSA) is 41.1 Å². The summed E-state index contributed by atoms with van der Waals surface area (Å²) in [7, 11) is 0.